The van der Waals surface area contributed by atoms with Crippen LogP contribution in [0.25, 0.3) is 0 Å². The summed E-state index contributed by atoms with van der Waals surface area (Å²) in [6.07, 6.45) is 0.274. The molecular weight excluding hydrogens is 272 g/mol. The van der Waals surface area contributed by atoms with E-state index in [-0.39, 0.29) is 29.1 Å². The van der Waals surface area contributed by atoms with E-state index in [9.17, 15) is 14.9 Å². The van der Waals surface area contributed by atoms with Crippen LogP contribution >= 0.6 is 0 Å². The Kier molecular flexibility index (Phi) is 5.24. The minimum Gasteiger partial charge on any atom is -0.384 e. The van der Waals surface area contributed by atoms with Crippen molar-refractivity contribution in [1.29, 1.82) is 5.26 Å². The number of anilines is 1. The first-order chi connectivity index (χ1) is 9.73. The predicted octanol–water partition coefficient (Wildman–Crippen LogP) is 2.18. The third-order valence-electron chi connectivity index (χ3n) is 2.51. The van der Waals surface area contributed by atoms with Gasteiger partial charge in [0, 0.05) is 30.3 Å². The van der Waals surface area contributed by atoms with Gasteiger partial charge in [0.25, 0.3) is 5.69 Å². The lowest BCUT2D eigenvalue weighted by Gasteiger charge is -2.20. The molecule has 0 saturated carbocycles. The van der Waals surface area contributed by atoms with Gasteiger partial charge in [-0.3, -0.25) is 14.9 Å². The molecule has 1 aromatic carbocycles. The third-order valence-corrected chi connectivity index (χ3v) is 2.51. The van der Waals surface area contributed by atoms with E-state index in [0.717, 1.165) is 0 Å². The molecule has 1 aromatic rings. The van der Waals surface area contributed by atoms with Crippen molar-refractivity contribution in [2.45, 2.75) is 32.7 Å². The number of nitrogens with one attached hydrogen (secondary N) is 2. The SMILES string of the molecule is CC(C)(C)NC(=O)CCNc1ccc([N+](=O)[O-])c(C#N)c1. The van der Waals surface area contributed by atoms with Gasteiger partial charge in [-0.25, -0.2) is 0 Å². The molecule has 112 valence electrons. The van der Waals surface area contributed by atoms with Crippen LogP contribution in [0, 0.1) is 21.4 Å². The van der Waals surface area contributed by atoms with Gasteiger partial charge in [0.1, 0.15) is 11.6 Å². The number of carbonyl (C=O) groups is 1. The Balaban J connectivity index is 2.59. The fourth-order valence-corrected chi connectivity index (χ4v) is 1.70. The zero-order valence-corrected chi connectivity index (χ0v) is 12.3. The summed E-state index contributed by atoms with van der Waals surface area (Å²) in [7, 11) is 0. The summed E-state index contributed by atoms with van der Waals surface area (Å²) in [6, 6.07) is 5.98. The van der Waals surface area contributed by atoms with Crippen molar-refractivity contribution in [2.75, 3.05) is 11.9 Å². The summed E-state index contributed by atoms with van der Waals surface area (Å²) in [5.41, 5.74) is 0.0525. The van der Waals surface area contributed by atoms with Gasteiger partial charge in [-0.05, 0) is 32.9 Å². The molecule has 0 aliphatic rings. The average molecular weight is 290 g/mol. The summed E-state index contributed by atoms with van der Waals surface area (Å²) in [5, 5.41) is 25.4. The minimum atomic E-state index is -0.598. The fourth-order valence-electron chi connectivity index (χ4n) is 1.70. The second kappa shape index (κ2) is 6.70. The normalized spacial score (nSPS) is 10.6. The van der Waals surface area contributed by atoms with Crippen molar-refractivity contribution in [3.8, 4) is 6.07 Å². The molecule has 0 spiro atoms. The minimum absolute atomic E-state index is 0.0101. The lowest BCUT2D eigenvalue weighted by atomic mass is 10.1. The van der Waals surface area contributed by atoms with Gasteiger partial charge in [-0.1, -0.05) is 0 Å². The second-order valence-corrected chi connectivity index (χ2v) is 5.58. The van der Waals surface area contributed by atoms with E-state index < -0.39 is 4.92 Å². The van der Waals surface area contributed by atoms with E-state index in [1.807, 2.05) is 20.8 Å². The fraction of sp³-hybridized carbons (Fsp3) is 0.429. The lowest BCUT2D eigenvalue weighted by molar-refractivity contribution is -0.385. The van der Waals surface area contributed by atoms with E-state index in [1.54, 1.807) is 6.07 Å². The number of hydrogen-bond acceptors (Lipinski definition) is 5. The van der Waals surface area contributed by atoms with E-state index in [0.29, 0.717) is 12.2 Å². The number of rotatable bonds is 5. The summed E-state index contributed by atoms with van der Waals surface area (Å²) in [5.74, 6) is -0.0857. The maximum atomic E-state index is 11.6. The van der Waals surface area contributed by atoms with Gasteiger partial charge in [-0.15, -0.1) is 0 Å². The number of amides is 1. The standard InChI is InChI=1S/C14H18N4O3/c1-14(2,3)17-13(19)6-7-16-11-4-5-12(18(20)21)10(8-11)9-15/h4-5,8,16H,6-7H2,1-3H3,(H,17,19). The van der Waals surface area contributed by atoms with Crippen LogP contribution < -0.4 is 10.6 Å². The van der Waals surface area contributed by atoms with Crippen molar-refractivity contribution in [1.82, 2.24) is 5.32 Å². The zero-order valence-electron chi connectivity index (χ0n) is 12.3. The molecule has 1 amide bonds. The van der Waals surface area contributed by atoms with Crippen LogP contribution in [-0.2, 0) is 4.79 Å². The first-order valence-corrected chi connectivity index (χ1v) is 6.46. The van der Waals surface area contributed by atoms with Crippen LogP contribution in [0.3, 0.4) is 0 Å². The maximum absolute atomic E-state index is 11.6. The highest BCUT2D eigenvalue weighted by Gasteiger charge is 2.15. The second-order valence-electron chi connectivity index (χ2n) is 5.58. The third kappa shape index (κ3) is 5.48. The van der Waals surface area contributed by atoms with Crippen LogP contribution in [0.1, 0.15) is 32.8 Å². The van der Waals surface area contributed by atoms with E-state index >= 15 is 0 Å². The topological polar surface area (TPSA) is 108 Å². The van der Waals surface area contributed by atoms with E-state index in [2.05, 4.69) is 10.6 Å². The molecule has 7 nitrogen and oxygen atoms in total. The zero-order chi connectivity index (χ0) is 16.0. The molecule has 0 saturated heterocycles. The number of benzene rings is 1. The van der Waals surface area contributed by atoms with Crippen molar-refractivity contribution in [3.63, 3.8) is 0 Å². The van der Waals surface area contributed by atoms with Crippen molar-refractivity contribution >= 4 is 17.3 Å². The van der Waals surface area contributed by atoms with Gasteiger partial charge < -0.3 is 10.6 Å². The largest absolute Gasteiger partial charge is 0.384 e. The van der Waals surface area contributed by atoms with Crippen LogP contribution in [-0.4, -0.2) is 22.9 Å². The Bertz CT molecular complexity index is 585. The summed E-state index contributed by atoms with van der Waals surface area (Å²) in [6.45, 7) is 6.07. The molecule has 2 N–H and O–H groups in total. The molecule has 0 fully saturated rings. The van der Waals surface area contributed by atoms with Crippen molar-refractivity contribution in [3.05, 3.63) is 33.9 Å². The molecule has 0 aromatic heterocycles. The molecule has 1 rings (SSSR count). The highest BCUT2D eigenvalue weighted by Crippen LogP contribution is 2.21. The molecular formula is C14H18N4O3. The highest BCUT2D eigenvalue weighted by atomic mass is 16.6. The molecule has 0 atom stereocenters. The lowest BCUT2D eigenvalue weighted by Crippen LogP contribution is -2.41. The Morgan fingerprint density at radius 3 is 2.62 bits per heavy atom. The Hall–Kier alpha value is -2.62. The average Bonchev–Trinajstić information content (AvgIpc) is 2.36. The molecule has 21 heavy (non-hydrogen) atoms. The first kappa shape index (κ1) is 16.4. The van der Waals surface area contributed by atoms with Gasteiger partial charge in [0.15, 0.2) is 0 Å². The number of nitrogens with zero attached hydrogens (tertiary/aromatic N) is 2. The monoisotopic (exact) mass is 290 g/mol. The summed E-state index contributed by atoms with van der Waals surface area (Å²) < 4.78 is 0. The Morgan fingerprint density at radius 1 is 1.43 bits per heavy atom. The number of nitro benzene ring substituents is 1. The van der Waals surface area contributed by atoms with E-state index in [1.165, 1.54) is 18.2 Å². The van der Waals surface area contributed by atoms with Crippen LogP contribution in [0.4, 0.5) is 11.4 Å². The van der Waals surface area contributed by atoms with Gasteiger partial charge in [-0.2, -0.15) is 5.26 Å². The van der Waals surface area contributed by atoms with Crippen LogP contribution in [0.15, 0.2) is 18.2 Å². The predicted molar refractivity (Wildman–Crippen MR) is 78.8 cm³/mol. The van der Waals surface area contributed by atoms with Gasteiger partial charge in [0.05, 0.1) is 4.92 Å². The number of carbonyl (C=O) groups excluding carboxylic acids is 1. The molecule has 0 unspecified atom stereocenters. The van der Waals surface area contributed by atoms with E-state index in [4.69, 9.17) is 5.26 Å². The first-order valence-electron chi connectivity index (χ1n) is 6.46. The Morgan fingerprint density at radius 2 is 2.10 bits per heavy atom. The summed E-state index contributed by atoms with van der Waals surface area (Å²) >= 11 is 0. The molecule has 0 aliphatic carbocycles. The van der Waals surface area contributed by atoms with Crippen LogP contribution in [0.5, 0.6) is 0 Å². The van der Waals surface area contributed by atoms with Crippen LogP contribution in [0.2, 0.25) is 0 Å². The maximum Gasteiger partial charge on any atom is 0.287 e. The molecule has 0 aliphatic heterocycles. The highest BCUT2D eigenvalue weighted by molar-refractivity contribution is 5.77. The summed E-state index contributed by atoms with van der Waals surface area (Å²) in [4.78, 5) is 21.7. The van der Waals surface area contributed by atoms with Gasteiger partial charge >= 0.3 is 0 Å². The molecule has 0 radical (unpaired) electrons. The Labute approximate surface area is 123 Å². The van der Waals surface area contributed by atoms with Crippen molar-refractivity contribution < 1.29 is 9.72 Å². The molecule has 0 bridgehead atoms. The molecule has 0 heterocycles. The van der Waals surface area contributed by atoms with Gasteiger partial charge in [0.2, 0.25) is 5.91 Å². The number of nitriles is 1. The molecule has 7 heteroatoms. The smallest absolute Gasteiger partial charge is 0.287 e. The number of nitro groups is 1. The quantitative estimate of drug-likeness (QED) is 0.638. The number of hydrogen-bond donors (Lipinski definition) is 2. The van der Waals surface area contributed by atoms with Crippen molar-refractivity contribution in [2.24, 2.45) is 0 Å².